The lowest BCUT2D eigenvalue weighted by Gasteiger charge is -2.30. The molecule has 0 aliphatic heterocycles. The Morgan fingerprint density at radius 3 is 1.81 bits per heavy atom. The van der Waals surface area contributed by atoms with E-state index in [0.717, 1.165) is 6.54 Å². The van der Waals surface area contributed by atoms with Crippen LogP contribution in [0.4, 0.5) is 0 Å². The quantitative estimate of drug-likeness (QED) is 0.617. The molecule has 0 aromatic carbocycles. The van der Waals surface area contributed by atoms with Crippen LogP contribution in [0.1, 0.15) is 60.3 Å². The summed E-state index contributed by atoms with van der Waals surface area (Å²) in [7, 11) is 0. The van der Waals surface area contributed by atoms with Gasteiger partial charge in [0.25, 0.3) is 0 Å². The molecule has 0 spiro atoms. The molecule has 0 amide bonds. The van der Waals surface area contributed by atoms with Crippen LogP contribution in [0, 0.1) is 0 Å². The van der Waals surface area contributed by atoms with Gasteiger partial charge in [-0.2, -0.15) is 0 Å². The van der Waals surface area contributed by atoms with Gasteiger partial charge in [0.1, 0.15) is 0 Å². The molecule has 16 heavy (non-hydrogen) atoms. The molecule has 0 heterocycles. The van der Waals surface area contributed by atoms with E-state index in [2.05, 4.69) is 44.8 Å². The number of hydrogen-bond acceptors (Lipinski definition) is 2. The largest absolute Gasteiger partial charge is 0.312 e. The maximum Gasteiger partial charge on any atom is 0.0192 e. The Morgan fingerprint density at radius 2 is 1.44 bits per heavy atom. The zero-order valence-corrected chi connectivity index (χ0v) is 12.1. The minimum absolute atomic E-state index is 0.667. The SMILES string of the molecule is CCCN(CCC)C(C)CNC(CC)CC. The fourth-order valence-electron chi connectivity index (χ4n) is 2.17. The van der Waals surface area contributed by atoms with Crippen molar-refractivity contribution >= 4 is 0 Å². The number of rotatable bonds is 10. The molecular weight excluding hydrogens is 196 g/mol. The molecule has 0 aromatic heterocycles. The average molecular weight is 228 g/mol. The molecule has 1 unspecified atom stereocenters. The van der Waals surface area contributed by atoms with Crippen LogP contribution in [0.15, 0.2) is 0 Å². The molecule has 2 nitrogen and oxygen atoms in total. The van der Waals surface area contributed by atoms with Gasteiger partial charge in [0, 0.05) is 18.6 Å². The Labute approximate surface area is 103 Å². The minimum Gasteiger partial charge on any atom is -0.312 e. The van der Waals surface area contributed by atoms with Crippen molar-refractivity contribution in [2.75, 3.05) is 19.6 Å². The van der Waals surface area contributed by atoms with Crippen molar-refractivity contribution < 1.29 is 0 Å². The van der Waals surface area contributed by atoms with Crippen molar-refractivity contribution in [2.24, 2.45) is 0 Å². The summed E-state index contributed by atoms with van der Waals surface area (Å²) in [6, 6.07) is 1.37. The van der Waals surface area contributed by atoms with Gasteiger partial charge in [-0.25, -0.2) is 0 Å². The second-order valence-electron chi connectivity index (χ2n) is 4.81. The summed E-state index contributed by atoms with van der Waals surface area (Å²) in [6.45, 7) is 15.0. The second kappa shape index (κ2) is 10.1. The molecule has 0 saturated carbocycles. The Bertz CT molecular complexity index is 138. The summed E-state index contributed by atoms with van der Waals surface area (Å²) in [6.07, 6.45) is 5.00. The zero-order chi connectivity index (χ0) is 12.4. The van der Waals surface area contributed by atoms with Gasteiger partial charge >= 0.3 is 0 Å². The van der Waals surface area contributed by atoms with Crippen molar-refractivity contribution in [3.63, 3.8) is 0 Å². The maximum atomic E-state index is 3.67. The van der Waals surface area contributed by atoms with Crippen molar-refractivity contribution in [2.45, 2.75) is 72.4 Å². The van der Waals surface area contributed by atoms with Crippen molar-refractivity contribution in [3.8, 4) is 0 Å². The fraction of sp³-hybridized carbons (Fsp3) is 1.00. The van der Waals surface area contributed by atoms with Crippen molar-refractivity contribution in [1.29, 1.82) is 0 Å². The molecule has 0 radical (unpaired) electrons. The summed E-state index contributed by atoms with van der Waals surface area (Å²) in [5, 5.41) is 3.67. The molecule has 0 saturated heterocycles. The van der Waals surface area contributed by atoms with Crippen LogP contribution >= 0.6 is 0 Å². The van der Waals surface area contributed by atoms with Gasteiger partial charge in [0.15, 0.2) is 0 Å². The molecule has 2 heteroatoms. The van der Waals surface area contributed by atoms with Crippen LogP contribution in [-0.4, -0.2) is 36.6 Å². The van der Waals surface area contributed by atoms with E-state index in [4.69, 9.17) is 0 Å². The molecule has 98 valence electrons. The van der Waals surface area contributed by atoms with Gasteiger partial charge in [-0.05, 0) is 45.7 Å². The first kappa shape index (κ1) is 15.9. The van der Waals surface area contributed by atoms with E-state index in [1.165, 1.54) is 38.8 Å². The smallest absolute Gasteiger partial charge is 0.0192 e. The Kier molecular flexibility index (Phi) is 10.0. The number of nitrogens with one attached hydrogen (secondary N) is 1. The van der Waals surface area contributed by atoms with Crippen molar-refractivity contribution in [3.05, 3.63) is 0 Å². The number of hydrogen-bond donors (Lipinski definition) is 1. The van der Waals surface area contributed by atoms with Crippen LogP contribution in [0.3, 0.4) is 0 Å². The molecule has 0 aliphatic carbocycles. The Balaban J connectivity index is 3.93. The predicted molar refractivity (Wildman–Crippen MR) is 74.0 cm³/mol. The fourth-order valence-corrected chi connectivity index (χ4v) is 2.17. The van der Waals surface area contributed by atoms with Crippen LogP contribution in [0.2, 0.25) is 0 Å². The predicted octanol–water partition coefficient (Wildman–Crippen LogP) is 3.28. The highest BCUT2D eigenvalue weighted by molar-refractivity contribution is 4.72. The topological polar surface area (TPSA) is 15.3 Å². The Morgan fingerprint density at radius 1 is 0.938 bits per heavy atom. The zero-order valence-electron chi connectivity index (χ0n) is 12.1. The van der Waals surface area contributed by atoms with Gasteiger partial charge in [-0.3, -0.25) is 4.90 Å². The van der Waals surface area contributed by atoms with Crippen molar-refractivity contribution in [1.82, 2.24) is 10.2 Å². The van der Waals surface area contributed by atoms with E-state index < -0.39 is 0 Å². The molecular formula is C14H32N2. The summed E-state index contributed by atoms with van der Waals surface area (Å²) in [5.41, 5.74) is 0. The third-order valence-electron chi connectivity index (χ3n) is 3.33. The highest BCUT2D eigenvalue weighted by Crippen LogP contribution is 2.03. The van der Waals surface area contributed by atoms with E-state index in [0.29, 0.717) is 12.1 Å². The standard InChI is InChI=1S/C14H32N2/c1-6-10-16(11-7-2)13(5)12-15-14(8-3)9-4/h13-15H,6-12H2,1-5H3. The van der Waals surface area contributed by atoms with Gasteiger partial charge < -0.3 is 5.32 Å². The first-order chi connectivity index (χ1) is 7.69. The third-order valence-corrected chi connectivity index (χ3v) is 3.33. The lowest BCUT2D eigenvalue weighted by Crippen LogP contribution is -2.43. The first-order valence-corrected chi connectivity index (χ1v) is 7.16. The van der Waals surface area contributed by atoms with E-state index in [1.54, 1.807) is 0 Å². The summed E-state index contributed by atoms with van der Waals surface area (Å²) >= 11 is 0. The van der Waals surface area contributed by atoms with E-state index in [1.807, 2.05) is 0 Å². The first-order valence-electron chi connectivity index (χ1n) is 7.16. The van der Waals surface area contributed by atoms with Gasteiger partial charge in [-0.1, -0.05) is 27.7 Å². The third kappa shape index (κ3) is 6.49. The van der Waals surface area contributed by atoms with E-state index >= 15 is 0 Å². The molecule has 1 N–H and O–H groups in total. The van der Waals surface area contributed by atoms with E-state index in [9.17, 15) is 0 Å². The molecule has 0 aliphatic rings. The lowest BCUT2D eigenvalue weighted by molar-refractivity contribution is 0.199. The molecule has 1 atom stereocenters. The monoisotopic (exact) mass is 228 g/mol. The van der Waals surface area contributed by atoms with E-state index in [-0.39, 0.29) is 0 Å². The van der Waals surface area contributed by atoms with Crippen LogP contribution < -0.4 is 5.32 Å². The second-order valence-corrected chi connectivity index (χ2v) is 4.81. The molecule has 0 bridgehead atoms. The molecule has 0 aromatic rings. The van der Waals surface area contributed by atoms with Gasteiger partial charge in [0.2, 0.25) is 0 Å². The summed E-state index contributed by atoms with van der Waals surface area (Å²) in [4.78, 5) is 2.61. The molecule has 0 rings (SSSR count). The van der Waals surface area contributed by atoms with Crippen LogP contribution in [0.5, 0.6) is 0 Å². The lowest BCUT2D eigenvalue weighted by atomic mass is 10.1. The van der Waals surface area contributed by atoms with Gasteiger partial charge in [-0.15, -0.1) is 0 Å². The minimum atomic E-state index is 0.667. The summed E-state index contributed by atoms with van der Waals surface area (Å²) in [5.74, 6) is 0. The van der Waals surface area contributed by atoms with Gasteiger partial charge in [0.05, 0.1) is 0 Å². The average Bonchev–Trinajstić information content (AvgIpc) is 2.30. The van der Waals surface area contributed by atoms with Crippen LogP contribution in [-0.2, 0) is 0 Å². The summed E-state index contributed by atoms with van der Waals surface area (Å²) < 4.78 is 0. The normalized spacial score (nSPS) is 13.7. The Hall–Kier alpha value is -0.0800. The highest BCUT2D eigenvalue weighted by Gasteiger charge is 2.12. The highest BCUT2D eigenvalue weighted by atomic mass is 15.2. The number of nitrogens with zero attached hydrogens (tertiary/aromatic N) is 1. The van der Waals surface area contributed by atoms with Crippen LogP contribution in [0.25, 0.3) is 0 Å². The maximum absolute atomic E-state index is 3.67. The molecule has 0 fully saturated rings.